The zero-order chi connectivity index (χ0) is 14.8. The van der Waals surface area contributed by atoms with Crippen LogP contribution < -0.4 is 0 Å². The maximum absolute atomic E-state index is 12.7. The van der Waals surface area contributed by atoms with Crippen molar-refractivity contribution in [2.24, 2.45) is 0 Å². The molecule has 0 spiro atoms. The second-order valence-corrected chi connectivity index (χ2v) is 7.48. The Bertz CT molecular complexity index is 598. The number of hydrogen-bond donors (Lipinski definition) is 1. The minimum Gasteiger partial charge on any atom is -0.478 e. The molecule has 5 heteroatoms. The van der Waals surface area contributed by atoms with Crippen LogP contribution in [-0.2, 0) is 16.3 Å². The monoisotopic (exact) mass is 296 g/mol. The van der Waals surface area contributed by atoms with Crippen LogP contribution in [0.3, 0.4) is 0 Å². The third-order valence-electron chi connectivity index (χ3n) is 3.99. The van der Waals surface area contributed by atoms with Crippen molar-refractivity contribution in [3.05, 3.63) is 29.3 Å². The maximum Gasteiger partial charge on any atom is 0.335 e. The number of rotatable bonds is 4. The summed E-state index contributed by atoms with van der Waals surface area (Å²) in [7, 11) is -3.42. The van der Waals surface area contributed by atoms with E-state index in [1.807, 2.05) is 6.92 Å². The molecular weight excluding hydrogens is 276 g/mol. The molecular formula is C15H20O4S. The molecule has 4 nitrogen and oxygen atoms in total. The van der Waals surface area contributed by atoms with E-state index in [1.165, 1.54) is 12.1 Å². The van der Waals surface area contributed by atoms with Crippen LogP contribution in [0.15, 0.2) is 23.1 Å². The molecule has 20 heavy (non-hydrogen) atoms. The fourth-order valence-electron chi connectivity index (χ4n) is 2.80. The van der Waals surface area contributed by atoms with Gasteiger partial charge in [0.15, 0.2) is 9.84 Å². The van der Waals surface area contributed by atoms with Gasteiger partial charge < -0.3 is 5.11 Å². The number of aromatic carboxylic acids is 1. The Morgan fingerprint density at radius 2 is 1.90 bits per heavy atom. The van der Waals surface area contributed by atoms with Gasteiger partial charge in [0, 0.05) is 0 Å². The number of benzene rings is 1. The molecule has 2 rings (SSSR count). The number of sulfone groups is 1. The number of carboxylic acid groups (broad SMARTS) is 1. The fourth-order valence-corrected chi connectivity index (χ4v) is 4.98. The van der Waals surface area contributed by atoms with Crippen molar-refractivity contribution in [3.8, 4) is 0 Å². The van der Waals surface area contributed by atoms with Crippen LogP contribution in [0, 0.1) is 0 Å². The van der Waals surface area contributed by atoms with Gasteiger partial charge >= 0.3 is 5.97 Å². The van der Waals surface area contributed by atoms with Crippen molar-refractivity contribution in [2.75, 3.05) is 0 Å². The van der Waals surface area contributed by atoms with Gasteiger partial charge in [-0.1, -0.05) is 32.3 Å². The molecule has 0 aliphatic heterocycles. The summed E-state index contributed by atoms with van der Waals surface area (Å²) in [5.74, 6) is -1.09. The van der Waals surface area contributed by atoms with Crippen molar-refractivity contribution < 1.29 is 18.3 Å². The molecule has 0 unspecified atom stereocenters. The zero-order valence-corrected chi connectivity index (χ0v) is 12.4. The van der Waals surface area contributed by atoms with E-state index in [4.69, 9.17) is 5.11 Å². The van der Waals surface area contributed by atoms with E-state index < -0.39 is 15.8 Å². The van der Waals surface area contributed by atoms with Crippen molar-refractivity contribution in [2.45, 2.75) is 55.6 Å². The minimum absolute atomic E-state index is 0.0385. The molecule has 1 fully saturated rings. The summed E-state index contributed by atoms with van der Waals surface area (Å²) in [5, 5.41) is 8.70. The van der Waals surface area contributed by atoms with Crippen LogP contribution in [0.5, 0.6) is 0 Å². The topological polar surface area (TPSA) is 71.4 Å². The van der Waals surface area contributed by atoms with E-state index >= 15 is 0 Å². The molecule has 1 N–H and O–H groups in total. The van der Waals surface area contributed by atoms with Gasteiger partial charge in [-0.15, -0.1) is 0 Å². The van der Waals surface area contributed by atoms with Crippen LogP contribution in [-0.4, -0.2) is 24.7 Å². The fraction of sp³-hybridized carbons (Fsp3) is 0.533. The highest BCUT2D eigenvalue weighted by Crippen LogP contribution is 2.31. The smallest absolute Gasteiger partial charge is 0.335 e. The zero-order valence-electron chi connectivity index (χ0n) is 11.6. The molecule has 0 radical (unpaired) electrons. The van der Waals surface area contributed by atoms with Crippen LogP contribution in [0.1, 0.15) is 54.9 Å². The Morgan fingerprint density at radius 3 is 2.45 bits per heavy atom. The molecule has 1 saturated carbocycles. The lowest BCUT2D eigenvalue weighted by atomic mass is 10.0. The van der Waals surface area contributed by atoms with Crippen molar-refractivity contribution in [1.29, 1.82) is 0 Å². The molecule has 0 heterocycles. The summed E-state index contributed by atoms with van der Waals surface area (Å²) in [5.41, 5.74) is 0.747. The van der Waals surface area contributed by atoms with Gasteiger partial charge in [-0.2, -0.15) is 0 Å². The van der Waals surface area contributed by atoms with Gasteiger partial charge in [-0.05, 0) is 37.0 Å². The van der Waals surface area contributed by atoms with E-state index in [2.05, 4.69) is 0 Å². The lowest BCUT2D eigenvalue weighted by Gasteiger charge is -2.23. The molecule has 0 saturated heterocycles. The number of carbonyl (C=O) groups is 1. The second kappa shape index (κ2) is 5.95. The minimum atomic E-state index is -3.42. The predicted molar refractivity (Wildman–Crippen MR) is 76.8 cm³/mol. The largest absolute Gasteiger partial charge is 0.478 e. The summed E-state index contributed by atoms with van der Waals surface area (Å²) in [6.45, 7) is 1.88. The molecule has 110 valence electrons. The third-order valence-corrected chi connectivity index (χ3v) is 6.33. The molecule has 0 amide bonds. The van der Waals surface area contributed by atoms with Crippen LogP contribution in [0.2, 0.25) is 0 Å². The lowest BCUT2D eigenvalue weighted by molar-refractivity contribution is 0.0696. The van der Waals surface area contributed by atoms with Crippen molar-refractivity contribution in [1.82, 2.24) is 0 Å². The lowest BCUT2D eigenvalue weighted by Crippen LogP contribution is -2.25. The Balaban J connectivity index is 2.48. The molecule has 1 aliphatic rings. The summed E-state index contributed by atoms with van der Waals surface area (Å²) in [6.07, 6.45) is 4.91. The average Bonchev–Trinajstić information content (AvgIpc) is 2.47. The van der Waals surface area contributed by atoms with Gasteiger partial charge in [0.1, 0.15) is 0 Å². The Hall–Kier alpha value is -1.36. The maximum atomic E-state index is 12.7. The summed E-state index contributed by atoms with van der Waals surface area (Å²) in [4.78, 5) is 11.3. The van der Waals surface area contributed by atoms with Crippen molar-refractivity contribution in [3.63, 3.8) is 0 Å². The number of hydrogen-bond acceptors (Lipinski definition) is 3. The molecule has 1 aromatic rings. The van der Waals surface area contributed by atoms with E-state index in [9.17, 15) is 13.2 Å². The quantitative estimate of drug-likeness (QED) is 0.927. The third kappa shape index (κ3) is 2.87. The highest BCUT2D eigenvalue weighted by Gasteiger charge is 2.31. The average molecular weight is 296 g/mol. The van der Waals surface area contributed by atoms with E-state index in [0.29, 0.717) is 24.8 Å². The highest BCUT2D eigenvalue weighted by molar-refractivity contribution is 7.92. The van der Waals surface area contributed by atoms with Gasteiger partial charge in [-0.3, -0.25) is 0 Å². The molecule has 0 bridgehead atoms. The van der Waals surface area contributed by atoms with E-state index in [0.717, 1.165) is 19.3 Å². The Morgan fingerprint density at radius 1 is 1.25 bits per heavy atom. The summed E-state index contributed by atoms with van der Waals surface area (Å²) < 4.78 is 25.5. The first-order valence-electron chi connectivity index (χ1n) is 7.07. The van der Waals surface area contributed by atoms with E-state index in [-0.39, 0.29) is 15.7 Å². The molecule has 1 aliphatic carbocycles. The highest BCUT2D eigenvalue weighted by atomic mass is 32.2. The first-order chi connectivity index (χ1) is 9.46. The SMILES string of the molecule is CCc1ccc(C(=O)O)cc1S(=O)(=O)C1CCCCC1. The molecule has 1 aromatic carbocycles. The predicted octanol–water partition coefficient (Wildman–Crippen LogP) is 3.05. The summed E-state index contributed by atoms with van der Waals surface area (Å²) in [6, 6.07) is 4.42. The van der Waals surface area contributed by atoms with Gasteiger partial charge in [0.2, 0.25) is 0 Å². The van der Waals surface area contributed by atoms with E-state index in [1.54, 1.807) is 6.07 Å². The second-order valence-electron chi connectivity index (χ2n) is 5.29. The Labute approximate surface area is 119 Å². The van der Waals surface area contributed by atoms with Gasteiger partial charge in [-0.25, -0.2) is 13.2 Å². The molecule has 0 atom stereocenters. The van der Waals surface area contributed by atoms with Crippen LogP contribution in [0.25, 0.3) is 0 Å². The van der Waals surface area contributed by atoms with Crippen LogP contribution >= 0.6 is 0 Å². The standard InChI is InChI=1S/C15H20O4S/c1-2-11-8-9-12(15(16)17)10-14(11)20(18,19)13-6-4-3-5-7-13/h8-10,13H,2-7H2,1H3,(H,16,17). The van der Waals surface area contributed by atoms with Gasteiger partial charge in [0.25, 0.3) is 0 Å². The molecule has 0 aromatic heterocycles. The van der Waals surface area contributed by atoms with Crippen molar-refractivity contribution >= 4 is 15.8 Å². The number of carboxylic acids is 1. The van der Waals surface area contributed by atoms with Crippen LogP contribution in [0.4, 0.5) is 0 Å². The van der Waals surface area contributed by atoms with Gasteiger partial charge in [0.05, 0.1) is 15.7 Å². The number of aryl methyl sites for hydroxylation is 1. The Kier molecular flexibility index (Phi) is 4.48. The first-order valence-corrected chi connectivity index (χ1v) is 8.61. The first kappa shape index (κ1) is 15.0. The summed E-state index contributed by atoms with van der Waals surface area (Å²) >= 11 is 0. The normalized spacial score (nSPS) is 17.1.